The van der Waals surface area contributed by atoms with E-state index in [-0.39, 0.29) is 31.6 Å². The van der Waals surface area contributed by atoms with Gasteiger partial charge in [0, 0.05) is 18.8 Å². The Bertz CT molecular complexity index is 1230. The third-order valence-electron chi connectivity index (χ3n) is 9.41. The molecule has 45 heavy (non-hydrogen) atoms. The molecule has 2 aromatic carbocycles. The van der Waals surface area contributed by atoms with Gasteiger partial charge in [0.2, 0.25) is 5.91 Å². The number of rotatable bonds is 14. The van der Waals surface area contributed by atoms with Gasteiger partial charge in [0.1, 0.15) is 18.5 Å². The van der Waals surface area contributed by atoms with Gasteiger partial charge < -0.3 is 40.2 Å². The van der Waals surface area contributed by atoms with Crippen LogP contribution in [-0.2, 0) is 27.1 Å². The lowest BCUT2D eigenvalue weighted by Crippen LogP contribution is -2.48. The maximum absolute atomic E-state index is 14.0. The number of fused-ring (bicyclic) bond motifs is 1. The molecule has 1 saturated heterocycles. The highest BCUT2D eigenvalue weighted by Gasteiger charge is 2.36. The number of aliphatic hydroxyl groups excluding tert-OH is 3. The van der Waals surface area contributed by atoms with Crippen LogP contribution in [0.3, 0.4) is 0 Å². The number of hydrogen-bond acceptors (Lipinski definition) is 8. The SMILES string of the molecule is O=C(N[C@@H](CC1CCCCC1)[C@@H](O)C[C@@H](Cc1ccc(OCCO)cc1)C(=O)N[C@H]1c2ccccc2C[C@H]1O)O[C@H]1CCOC1. The summed E-state index contributed by atoms with van der Waals surface area (Å²) < 4.78 is 16.4. The minimum Gasteiger partial charge on any atom is -0.491 e. The average Bonchev–Trinajstić information content (AvgIpc) is 3.67. The van der Waals surface area contributed by atoms with Gasteiger partial charge in [-0.25, -0.2) is 4.79 Å². The molecule has 0 bridgehead atoms. The van der Waals surface area contributed by atoms with Crippen molar-refractivity contribution in [3.05, 3.63) is 65.2 Å². The van der Waals surface area contributed by atoms with Gasteiger partial charge in [-0.3, -0.25) is 4.79 Å². The third-order valence-corrected chi connectivity index (χ3v) is 9.41. The first-order valence-electron chi connectivity index (χ1n) is 16.5. The monoisotopic (exact) mass is 624 g/mol. The molecule has 6 atom stereocenters. The number of hydrogen-bond donors (Lipinski definition) is 5. The molecular formula is C35H48N2O8. The predicted octanol–water partition coefficient (Wildman–Crippen LogP) is 3.60. The highest BCUT2D eigenvalue weighted by atomic mass is 16.6. The van der Waals surface area contributed by atoms with Crippen molar-refractivity contribution in [3.8, 4) is 5.75 Å². The number of nitrogens with one attached hydrogen (secondary N) is 2. The van der Waals surface area contributed by atoms with Gasteiger partial charge >= 0.3 is 6.09 Å². The van der Waals surface area contributed by atoms with Gasteiger partial charge in [-0.05, 0) is 54.0 Å². The van der Waals surface area contributed by atoms with E-state index in [4.69, 9.17) is 19.3 Å². The van der Waals surface area contributed by atoms with Crippen molar-refractivity contribution in [2.75, 3.05) is 26.4 Å². The number of benzene rings is 2. The minimum atomic E-state index is -0.997. The standard InChI is InChI=1S/C35H48N2O8/c38-15-17-44-27-12-10-24(11-13-27)18-26(34(41)37-33-29-9-5-4-8-25(29)20-32(33)40)21-31(39)30(19-23-6-2-1-3-7-23)36-35(42)45-28-14-16-43-22-28/h4-5,8-13,23,26,28,30-33,38-40H,1-3,6-7,14-22H2,(H,36,42)(H,37,41)/t26-,28+,30+,31+,32-,33+/m1/s1. The molecule has 0 aromatic heterocycles. The number of amides is 2. The van der Waals surface area contributed by atoms with E-state index in [2.05, 4.69) is 10.6 Å². The molecule has 1 aliphatic heterocycles. The summed E-state index contributed by atoms with van der Waals surface area (Å²) in [5.41, 5.74) is 2.79. The van der Waals surface area contributed by atoms with Gasteiger partial charge in [-0.15, -0.1) is 0 Å². The van der Waals surface area contributed by atoms with Crippen LogP contribution in [0.25, 0.3) is 0 Å². The summed E-state index contributed by atoms with van der Waals surface area (Å²) >= 11 is 0. The van der Waals surface area contributed by atoms with Gasteiger partial charge in [-0.1, -0.05) is 68.5 Å². The molecule has 246 valence electrons. The van der Waals surface area contributed by atoms with Crippen LogP contribution >= 0.6 is 0 Å². The lowest BCUT2D eigenvalue weighted by atomic mass is 9.82. The van der Waals surface area contributed by atoms with E-state index >= 15 is 0 Å². The second-order valence-electron chi connectivity index (χ2n) is 12.8. The zero-order chi connectivity index (χ0) is 31.6. The molecule has 10 nitrogen and oxygen atoms in total. The van der Waals surface area contributed by atoms with Crippen LogP contribution in [0.5, 0.6) is 5.75 Å². The summed E-state index contributed by atoms with van der Waals surface area (Å²) in [6.07, 6.45) is 5.11. The van der Waals surface area contributed by atoms with Crippen molar-refractivity contribution in [1.29, 1.82) is 0 Å². The Balaban J connectivity index is 1.32. The van der Waals surface area contributed by atoms with Gasteiger partial charge in [0.15, 0.2) is 0 Å². The fourth-order valence-electron chi connectivity index (χ4n) is 6.96. The van der Waals surface area contributed by atoms with Crippen molar-refractivity contribution in [3.63, 3.8) is 0 Å². The second kappa shape index (κ2) is 16.4. The predicted molar refractivity (Wildman–Crippen MR) is 168 cm³/mol. The van der Waals surface area contributed by atoms with E-state index in [9.17, 15) is 19.8 Å². The molecule has 1 saturated carbocycles. The highest BCUT2D eigenvalue weighted by molar-refractivity contribution is 5.80. The van der Waals surface area contributed by atoms with Crippen molar-refractivity contribution in [2.24, 2.45) is 11.8 Å². The van der Waals surface area contributed by atoms with Gasteiger partial charge in [-0.2, -0.15) is 0 Å². The molecule has 0 spiro atoms. The van der Waals surface area contributed by atoms with Crippen LogP contribution in [0.2, 0.25) is 0 Å². The first kappa shape index (κ1) is 33.2. The molecule has 3 aliphatic rings. The van der Waals surface area contributed by atoms with Crippen LogP contribution in [0.1, 0.15) is 74.1 Å². The van der Waals surface area contributed by atoms with Crippen molar-refractivity contribution in [1.82, 2.24) is 10.6 Å². The van der Waals surface area contributed by atoms with Crippen molar-refractivity contribution < 1.29 is 39.1 Å². The molecular weight excluding hydrogens is 576 g/mol. The van der Waals surface area contributed by atoms with E-state index < -0.39 is 36.3 Å². The molecule has 5 rings (SSSR count). The Labute approximate surface area is 265 Å². The summed E-state index contributed by atoms with van der Waals surface area (Å²) in [6.45, 7) is 1.02. The molecule has 0 radical (unpaired) electrons. The first-order chi connectivity index (χ1) is 21.9. The van der Waals surface area contributed by atoms with Gasteiger partial charge in [0.25, 0.3) is 0 Å². The molecule has 10 heteroatoms. The maximum Gasteiger partial charge on any atom is 0.407 e. The Kier molecular flexibility index (Phi) is 12.1. The van der Waals surface area contributed by atoms with E-state index in [1.165, 1.54) is 6.42 Å². The normalized spacial score (nSPS) is 23.5. The Morgan fingerprint density at radius 3 is 2.53 bits per heavy atom. The molecule has 2 aromatic rings. The molecule has 5 N–H and O–H groups in total. The Morgan fingerprint density at radius 1 is 1.02 bits per heavy atom. The van der Waals surface area contributed by atoms with Crippen LogP contribution in [-0.4, -0.2) is 78.1 Å². The summed E-state index contributed by atoms with van der Waals surface area (Å²) in [5.74, 6) is 0.0800. The molecule has 2 fully saturated rings. The van der Waals surface area contributed by atoms with E-state index in [0.29, 0.717) is 50.6 Å². The first-order valence-corrected chi connectivity index (χ1v) is 16.5. The van der Waals surface area contributed by atoms with Crippen molar-refractivity contribution >= 4 is 12.0 Å². The van der Waals surface area contributed by atoms with Crippen LogP contribution < -0.4 is 15.4 Å². The fourth-order valence-corrected chi connectivity index (χ4v) is 6.96. The number of carbonyl (C=O) groups excluding carboxylic acids is 2. The van der Waals surface area contributed by atoms with Crippen molar-refractivity contribution in [2.45, 2.75) is 94.6 Å². The zero-order valence-electron chi connectivity index (χ0n) is 25.9. The van der Waals surface area contributed by atoms with Crippen LogP contribution in [0, 0.1) is 11.8 Å². The lowest BCUT2D eigenvalue weighted by Gasteiger charge is -2.32. The van der Waals surface area contributed by atoms with Gasteiger partial charge in [0.05, 0.1) is 44.1 Å². The minimum absolute atomic E-state index is 0.0872. The summed E-state index contributed by atoms with van der Waals surface area (Å²) in [4.78, 5) is 26.9. The molecule has 2 aliphatic carbocycles. The maximum atomic E-state index is 14.0. The Hall–Kier alpha value is -3.18. The smallest absolute Gasteiger partial charge is 0.407 e. The van der Waals surface area contributed by atoms with E-state index in [0.717, 1.165) is 42.4 Å². The lowest BCUT2D eigenvalue weighted by molar-refractivity contribution is -0.127. The second-order valence-corrected chi connectivity index (χ2v) is 12.8. The molecule has 0 unspecified atom stereocenters. The number of aliphatic hydroxyl groups is 3. The average molecular weight is 625 g/mol. The zero-order valence-corrected chi connectivity index (χ0v) is 25.9. The molecule has 2 amide bonds. The quantitative estimate of drug-likeness (QED) is 0.214. The van der Waals surface area contributed by atoms with E-state index in [1.807, 2.05) is 36.4 Å². The summed E-state index contributed by atoms with van der Waals surface area (Å²) in [7, 11) is 0. The summed E-state index contributed by atoms with van der Waals surface area (Å²) in [6, 6.07) is 13.9. The molecule has 1 heterocycles. The summed E-state index contributed by atoms with van der Waals surface area (Å²) in [5, 5.41) is 37.6. The number of alkyl carbamates (subject to hydrolysis) is 1. The topological polar surface area (TPSA) is 147 Å². The Morgan fingerprint density at radius 2 is 1.80 bits per heavy atom. The largest absolute Gasteiger partial charge is 0.491 e. The van der Waals surface area contributed by atoms with E-state index in [1.54, 1.807) is 12.1 Å². The van der Waals surface area contributed by atoms with Crippen LogP contribution in [0.4, 0.5) is 4.79 Å². The number of ether oxygens (including phenoxy) is 3. The van der Waals surface area contributed by atoms with Crippen LogP contribution in [0.15, 0.2) is 48.5 Å². The third kappa shape index (κ3) is 9.42. The highest BCUT2D eigenvalue weighted by Crippen LogP contribution is 2.33. The fraction of sp³-hybridized carbons (Fsp3) is 0.600. The number of carbonyl (C=O) groups is 2.